The number of rotatable bonds is 2. The summed E-state index contributed by atoms with van der Waals surface area (Å²) in [4.78, 5) is 9.81. The normalized spacial score (nSPS) is 9.33. The van der Waals surface area contributed by atoms with Crippen LogP contribution in [0.2, 0.25) is 0 Å². The van der Waals surface area contributed by atoms with E-state index in [4.69, 9.17) is 5.11 Å². The minimum Gasteiger partial charge on any atom is -0.491 e. The fourth-order valence-electron chi connectivity index (χ4n) is 0.480. The Morgan fingerprint density at radius 2 is 2.67 bits per heavy atom. The van der Waals surface area contributed by atoms with Gasteiger partial charge in [0.05, 0.1) is 6.42 Å². The molecular weight excluding hydrogens is 122 g/mol. The number of carbonyl (C=O) groups is 1. The summed E-state index contributed by atoms with van der Waals surface area (Å²) in [7, 11) is 0. The predicted molar refractivity (Wildman–Crippen MR) is 27.9 cm³/mol. The SMILES string of the molecule is O=CCc1cc(O)no1. The quantitative estimate of drug-likeness (QED) is 0.573. The second kappa shape index (κ2) is 2.30. The van der Waals surface area contributed by atoms with Crippen LogP contribution in [0.25, 0.3) is 0 Å². The molecule has 0 radical (unpaired) electrons. The first kappa shape index (κ1) is 5.81. The molecule has 0 bridgehead atoms. The minimum atomic E-state index is -0.188. The van der Waals surface area contributed by atoms with E-state index >= 15 is 0 Å². The summed E-state index contributed by atoms with van der Waals surface area (Å²) in [6.45, 7) is 0. The topological polar surface area (TPSA) is 63.3 Å². The molecule has 1 N–H and O–H groups in total. The van der Waals surface area contributed by atoms with Crippen LogP contribution < -0.4 is 0 Å². The summed E-state index contributed by atoms with van der Waals surface area (Å²) in [6.07, 6.45) is 0.841. The lowest BCUT2D eigenvalue weighted by Crippen LogP contribution is -1.78. The first-order valence-electron chi connectivity index (χ1n) is 2.41. The number of carbonyl (C=O) groups excluding carboxylic acids is 1. The van der Waals surface area contributed by atoms with Gasteiger partial charge in [-0.1, -0.05) is 0 Å². The third-order valence-corrected chi connectivity index (χ3v) is 0.831. The van der Waals surface area contributed by atoms with E-state index in [0.29, 0.717) is 12.0 Å². The van der Waals surface area contributed by atoms with Crippen LogP contribution >= 0.6 is 0 Å². The Labute approximate surface area is 51.1 Å². The summed E-state index contributed by atoms with van der Waals surface area (Å²) in [6, 6.07) is 1.30. The summed E-state index contributed by atoms with van der Waals surface area (Å²) in [5, 5.41) is 11.7. The molecule has 0 aliphatic rings. The average molecular weight is 127 g/mol. The molecule has 4 heteroatoms. The first-order chi connectivity index (χ1) is 4.33. The summed E-state index contributed by atoms with van der Waals surface area (Å²) < 4.78 is 4.47. The Morgan fingerprint density at radius 3 is 3.11 bits per heavy atom. The number of nitrogens with zero attached hydrogens (tertiary/aromatic N) is 1. The largest absolute Gasteiger partial charge is 0.491 e. The van der Waals surface area contributed by atoms with Crippen LogP contribution in [0.5, 0.6) is 5.88 Å². The Balaban J connectivity index is 2.72. The van der Waals surface area contributed by atoms with Crippen molar-refractivity contribution in [2.24, 2.45) is 0 Å². The van der Waals surface area contributed by atoms with Gasteiger partial charge in [-0.05, 0) is 5.16 Å². The number of aldehydes is 1. The molecule has 0 aromatic carbocycles. The van der Waals surface area contributed by atoms with Gasteiger partial charge in [-0.15, -0.1) is 0 Å². The van der Waals surface area contributed by atoms with Gasteiger partial charge in [0, 0.05) is 6.07 Å². The Morgan fingerprint density at radius 1 is 1.89 bits per heavy atom. The van der Waals surface area contributed by atoms with E-state index in [-0.39, 0.29) is 12.3 Å². The maximum atomic E-state index is 9.81. The molecular formula is C5H5NO3. The molecule has 0 aliphatic heterocycles. The van der Waals surface area contributed by atoms with Gasteiger partial charge in [0.1, 0.15) is 12.0 Å². The molecule has 0 unspecified atom stereocenters. The molecule has 4 nitrogen and oxygen atoms in total. The van der Waals surface area contributed by atoms with E-state index < -0.39 is 0 Å². The van der Waals surface area contributed by atoms with Gasteiger partial charge >= 0.3 is 0 Å². The molecule has 0 saturated carbocycles. The number of aromatic hydroxyl groups is 1. The van der Waals surface area contributed by atoms with E-state index in [1.165, 1.54) is 6.07 Å². The van der Waals surface area contributed by atoms with Gasteiger partial charge in [-0.25, -0.2) is 0 Å². The Bertz CT molecular complexity index is 206. The molecule has 0 atom stereocenters. The van der Waals surface area contributed by atoms with E-state index in [9.17, 15) is 4.79 Å². The second-order valence-electron chi connectivity index (χ2n) is 1.52. The van der Waals surface area contributed by atoms with Crippen molar-refractivity contribution >= 4 is 6.29 Å². The highest BCUT2D eigenvalue weighted by Crippen LogP contribution is 2.07. The molecule has 48 valence electrons. The second-order valence-corrected chi connectivity index (χ2v) is 1.52. The summed E-state index contributed by atoms with van der Waals surface area (Å²) >= 11 is 0. The zero-order valence-corrected chi connectivity index (χ0v) is 4.57. The van der Waals surface area contributed by atoms with E-state index in [0.717, 1.165) is 0 Å². The molecule has 9 heavy (non-hydrogen) atoms. The number of hydrogen-bond acceptors (Lipinski definition) is 4. The van der Waals surface area contributed by atoms with Crippen molar-refractivity contribution in [3.8, 4) is 5.88 Å². The highest BCUT2D eigenvalue weighted by molar-refractivity contribution is 5.53. The standard InChI is InChI=1S/C5H5NO3/c7-2-1-4-3-5(8)6-9-4/h2-3H,1H2,(H,6,8). The van der Waals surface area contributed by atoms with Crippen molar-refractivity contribution in [2.75, 3.05) is 0 Å². The molecule has 1 aromatic heterocycles. The van der Waals surface area contributed by atoms with Crippen molar-refractivity contribution in [3.05, 3.63) is 11.8 Å². The lowest BCUT2D eigenvalue weighted by Gasteiger charge is -1.75. The van der Waals surface area contributed by atoms with E-state index in [2.05, 4.69) is 9.68 Å². The van der Waals surface area contributed by atoms with E-state index in [1.54, 1.807) is 0 Å². The zero-order valence-electron chi connectivity index (χ0n) is 4.57. The number of aromatic nitrogens is 1. The highest BCUT2D eigenvalue weighted by atomic mass is 16.5. The van der Waals surface area contributed by atoms with Crippen LogP contribution in [-0.2, 0) is 11.2 Å². The van der Waals surface area contributed by atoms with Crippen LogP contribution in [-0.4, -0.2) is 16.5 Å². The molecule has 1 aromatic rings. The molecule has 0 amide bonds. The Kier molecular flexibility index (Phi) is 1.48. The summed E-state index contributed by atoms with van der Waals surface area (Å²) in [5.74, 6) is 0.189. The van der Waals surface area contributed by atoms with Gasteiger partial charge in [0.15, 0.2) is 0 Å². The summed E-state index contributed by atoms with van der Waals surface area (Å²) in [5.41, 5.74) is 0. The lowest BCUT2D eigenvalue weighted by atomic mass is 10.4. The van der Waals surface area contributed by atoms with E-state index in [1.807, 2.05) is 0 Å². The van der Waals surface area contributed by atoms with Gasteiger partial charge in [-0.3, -0.25) is 0 Å². The molecule has 1 rings (SSSR count). The first-order valence-corrected chi connectivity index (χ1v) is 2.41. The fraction of sp³-hybridized carbons (Fsp3) is 0.200. The maximum absolute atomic E-state index is 9.81. The zero-order chi connectivity index (χ0) is 6.69. The predicted octanol–water partition coefficient (Wildman–Crippen LogP) is 0.122. The van der Waals surface area contributed by atoms with Gasteiger partial charge in [0.25, 0.3) is 5.88 Å². The molecule has 1 heterocycles. The van der Waals surface area contributed by atoms with Crippen LogP contribution in [0.1, 0.15) is 5.76 Å². The maximum Gasteiger partial charge on any atom is 0.251 e. The molecule has 0 saturated heterocycles. The van der Waals surface area contributed by atoms with Crippen molar-refractivity contribution in [1.82, 2.24) is 5.16 Å². The lowest BCUT2D eigenvalue weighted by molar-refractivity contribution is -0.107. The van der Waals surface area contributed by atoms with Gasteiger partial charge < -0.3 is 14.4 Å². The third-order valence-electron chi connectivity index (χ3n) is 0.831. The van der Waals surface area contributed by atoms with Crippen LogP contribution in [0.3, 0.4) is 0 Å². The van der Waals surface area contributed by atoms with Crippen molar-refractivity contribution in [2.45, 2.75) is 6.42 Å². The monoisotopic (exact) mass is 127 g/mol. The van der Waals surface area contributed by atoms with Crippen LogP contribution in [0, 0.1) is 0 Å². The number of hydrogen-bond donors (Lipinski definition) is 1. The van der Waals surface area contributed by atoms with Crippen molar-refractivity contribution < 1.29 is 14.4 Å². The average Bonchev–Trinajstić information content (AvgIpc) is 2.17. The van der Waals surface area contributed by atoms with Gasteiger partial charge in [-0.2, -0.15) is 0 Å². The minimum absolute atomic E-state index is 0.160. The molecule has 0 fully saturated rings. The van der Waals surface area contributed by atoms with Crippen LogP contribution in [0.4, 0.5) is 0 Å². The smallest absolute Gasteiger partial charge is 0.251 e. The molecule has 0 spiro atoms. The van der Waals surface area contributed by atoms with Crippen molar-refractivity contribution in [1.29, 1.82) is 0 Å². The highest BCUT2D eigenvalue weighted by Gasteiger charge is 1.98. The third kappa shape index (κ3) is 1.28. The van der Waals surface area contributed by atoms with Gasteiger partial charge in [0.2, 0.25) is 0 Å². The molecule has 0 aliphatic carbocycles. The fourth-order valence-corrected chi connectivity index (χ4v) is 0.480. The van der Waals surface area contributed by atoms with Crippen LogP contribution in [0.15, 0.2) is 10.6 Å². The Hall–Kier alpha value is -1.32. The van der Waals surface area contributed by atoms with Crippen molar-refractivity contribution in [3.63, 3.8) is 0 Å².